The van der Waals surface area contributed by atoms with Gasteiger partial charge in [0.15, 0.2) is 0 Å². The van der Waals surface area contributed by atoms with E-state index in [9.17, 15) is 0 Å². The van der Waals surface area contributed by atoms with Gasteiger partial charge in [-0.05, 0) is 0 Å². The Kier molecular flexibility index (Phi) is 39.1. The normalized spacial score (nSPS) is 5.00. The molecule has 0 atom stereocenters. The van der Waals surface area contributed by atoms with E-state index < -0.39 is 30.8 Å². The van der Waals surface area contributed by atoms with Crippen molar-refractivity contribution in [1.29, 1.82) is 0 Å². The molecule has 0 unspecified atom stereocenters. The van der Waals surface area contributed by atoms with E-state index in [1.807, 2.05) is 0 Å². The van der Waals surface area contributed by atoms with Gasteiger partial charge >= 0.3 is 106 Å². The van der Waals surface area contributed by atoms with Gasteiger partial charge in [0.2, 0.25) is 0 Å². The van der Waals surface area contributed by atoms with Crippen LogP contribution in [0.5, 0.6) is 0 Å². The van der Waals surface area contributed by atoms with Crippen LogP contribution in [0.2, 0.25) is 0 Å². The van der Waals surface area contributed by atoms with Crippen LogP contribution in [0, 0.1) is 0 Å². The predicted molar refractivity (Wildman–Crippen MR) is 9.61 cm³/mol. The van der Waals surface area contributed by atoms with Gasteiger partial charge in [-0.3, -0.25) is 0 Å². The van der Waals surface area contributed by atoms with Crippen LogP contribution in [0.1, 0.15) is 1.43 Å². The summed E-state index contributed by atoms with van der Waals surface area (Å²) in [5.41, 5.74) is 0. The van der Waals surface area contributed by atoms with Gasteiger partial charge in [-0.1, -0.05) is 0 Å². The quantitative estimate of drug-likeness (QED) is 0.393. The van der Waals surface area contributed by atoms with Crippen molar-refractivity contribution < 1.29 is 84.5 Å². The van der Waals surface area contributed by atoms with Gasteiger partial charge in [0.25, 0.3) is 0 Å². The van der Waals surface area contributed by atoms with Crippen molar-refractivity contribution in [3.05, 3.63) is 0 Å². The third-order valence-corrected chi connectivity index (χ3v) is 0. The van der Waals surface area contributed by atoms with Crippen molar-refractivity contribution in [1.82, 2.24) is 0 Å². The zero-order chi connectivity index (χ0) is 7.15. The van der Waals surface area contributed by atoms with Crippen LogP contribution >= 0.6 is 0 Å². The second-order valence-corrected chi connectivity index (χ2v) is 1.84. The first-order chi connectivity index (χ1) is 3.46. The molecule has 0 radical (unpaired) electrons. The average Bonchev–Trinajstić information content (AvgIpc) is 1.25. The molecule has 0 aliphatic rings. The predicted octanol–water partition coefficient (Wildman–Crippen LogP) is -6.12. The Morgan fingerprint density at radius 3 is 0.900 bits per heavy atom. The van der Waals surface area contributed by atoms with Crippen molar-refractivity contribution in [2.45, 2.75) is 0 Å². The van der Waals surface area contributed by atoms with E-state index in [-0.39, 0.29) is 54.0 Å². The molecule has 10 heavy (non-hydrogen) atoms. The van der Waals surface area contributed by atoms with E-state index in [0.717, 1.165) is 0 Å². The Hall–Kier alpha value is 2.06. The van der Waals surface area contributed by atoms with Crippen LogP contribution in [0.15, 0.2) is 0 Å². The molecule has 0 bridgehead atoms. The van der Waals surface area contributed by atoms with Crippen LogP contribution in [0.3, 0.4) is 0 Å². The average molecular weight is 246 g/mol. The minimum atomic E-state index is -3.94. The molecule has 0 amide bonds. The van der Waals surface area contributed by atoms with Crippen LogP contribution < -0.4 is 37.6 Å². The van der Waals surface area contributed by atoms with Gasteiger partial charge in [-0.2, -0.15) is 0 Å². The summed E-state index contributed by atoms with van der Waals surface area (Å²) >= 11 is -7.88. The summed E-state index contributed by atoms with van der Waals surface area (Å²) in [7, 11) is 0. The van der Waals surface area contributed by atoms with E-state index >= 15 is 0 Å². The molecule has 0 aromatic heterocycles. The standard InChI is InChI=1S/Mg.Na.6O.2V.H/q+2;+1;;;;;2*-1;;;-1. The Labute approximate surface area is 106 Å². The number of hydrogen-bond donors (Lipinski definition) is 0. The van der Waals surface area contributed by atoms with Crippen LogP contribution in [-0.2, 0) is 45.5 Å². The van der Waals surface area contributed by atoms with Crippen molar-refractivity contribution >= 4 is 23.1 Å². The minimum absolute atomic E-state index is 0. The molecule has 0 saturated heterocycles. The molecular formula is HMgNaO6V2. The van der Waals surface area contributed by atoms with Crippen LogP contribution in [0.4, 0.5) is 0 Å². The molecule has 0 rings (SSSR count). The first kappa shape index (κ1) is 22.7. The van der Waals surface area contributed by atoms with Crippen LogP contribution in [0.25, 0.3) is 0 Å². The maximum absolute atomic E-state index is 8.56. The Bertz CT molecular complexity index is 137. The van der Waals surface area contributed by atoms with Crippen LogP contribution in [-0.4, -0.2) is 23.1 Å². The molecule has 0 N–H and O–H groups in total. The van der Waals surface area contributed by atoms with Gasteiger partial charge < -0.3 is 1.43 Å². The van der Waals surface area contributed by atoms with Crippen molar-refractivity contribution in [3.63, 3.8) is 0 Å². The first-order valence-corrected chi connectivity index (χ1v) is 4.52. The zero-order valence-electron chi connectivity index (χ0n) is 6.05. The van der Waals surface area contributed by atoms with E-state index in [4.69, 9.17) is 22.8 Å². The zero-order valence-corrected chi connectivity index (χ0v) is 11.3. The van der Waals surface area contributed by atoms with Gasteiger partial charge in [0.05, 0.1) is 0 Å². The van der Waals surface area contributed by atoms with Crippen molar-refractivity contribution in [3.8, 4) is 0 Å². The second kappa shape index (κ2) is 17.2. The molecule has 0 aliphatic heterocycles. The van der Waals surface area contributed by atoms with Gasteiger partial charge in [-0.25, -0.2) is 0 Å². The fourth-order valence-electron chi connectivity index (χ4n) is 0. The summed E-state index contributed by atoms with van der Waals surface area (Å²) in [4.78, 5) is 0. The monoisotopic (exact) mass is 246 g/mol. The molecular weight excluding hydrogens is 245 g/mol. The topological polar surface area (TPSA) is 114 Å². The SMILES string of the molecule is [H-].[Mg+2].[Na+].[O]=[V](=[O])[O-].[O]=[V](=[O])[O-]. The molecule has 50 valence electrons. The van der Waals surface area contributed by atoms with Gasteiger partial charge in [0, 0.05) is 0 Å². The summed E-state index contributed by atoms with van der Waals surface area (Å²) in [5, 5.41) is 0. The third-order valence-electron chi connectivity index (χ3n) is 0. The van der Waals surface area contributed by atoms with Gasteiger partial charge in [0.1, 0.15) is 0 Å². The molecule has 0 aliphatic carbocycles. The fourth-order valence-corrected chi connectivity index (χ4v) is 0. The summed E-state index contributed by atoms with van der Waals surface area (Å²) in [6, 6.07) is 0. The molecule has 0 heterocycles. The van der Waals surface area contributed by atoms with E-state index in [0.29, 0.717) is 0 Å². The molecule has 0 saturated carbocycles. The van der Waals surface area contributed by atoms with E-state index in [1.165, 1.54) is 0 Å². The molecule has 0 spiro atoms. The molecule has 0 aromatic carbocycles. The fraction of sp³-hybridized carbons (Fsp3) is 0. The van der Waals surface area contributed by atoms with Crippen molar-refractivity contribution in [2.75, 3.05) is 0 Å². The Balaban J connectivity index is -0.0000000171. The van der Waals surface area contributed by atoms with Crippen molar-refractivity contribution in [2.24, 2.45) is 0 Å². The maximum atomic E-state index is 8.56. The number of rotatable bonds is 0. The molecule has 10 heteroatoms. The summed E-state index contributed by atoms with van der Waals surface area (Å²) in [6.45, 7) is 0. The molecule has 0 fully saturated rings. The van der Waals surface area contributed by atoms with E-state index in [2.05, 4.69) is 0 Å². The Morgan fingerprint density at radius 2 is 0.900 bits per heavy atom. The second-order valence-electron chi connectivity index (χ2n) is 0.447. The number of hydrogen-bond acceptors (Lipinski definition) is 6. The first-order valence-electron chi connectivity index (χ1n) is 1.10. The molecule has 6 nitrogen and oxygen atoms in total. The van der Waals surface area contributed by atoms with E-state index in [1.54, 1.807) is 0 Å². The van der Waals surface area contributed by atoms with Gasteiger partial charge in [-0.15, -0.1) is 0 Å². The Morgan fingerprint density at radius 1 is 0.900 bits per heavy atom. The molecule has 0 aromatic rings. The third kappa shape index (κ3) is 195. The summed E-state index contributed by atoms with van der Waals surface area (Å²) in [6.07, 6.45) is 0. The summed E-state index contributed by atoms with van der Waals surface area (Å²) in [5.74, 6) is 0. The summed E-state index contributed by atoms with van der Waals surface area (Å²) < 4.78 is 51.4.